The molecule has 0 aromatic rings. The summed E-state index contributed by atoms with van der Waals surface area (Å²) in [7, 11) is 0. The van der Waals surface area contributed by atoms with Gasteiger partial charge in [-0.2, -0.15) is 5.26 Å². The van der Waals surface area contributed by atoms with E-state index in [9.17, 15) is 4.79 Å². The molecule has 4 nitrogen and oxygen atoms in total. The number of rotatable bonds is 3. The lowest BCUT2D eigenvalue weighted by Crippen LogP contribution is -2.55. The Hall–Kier alpha value is -1.08. The fourth-order valence-electron chi connectivity index (χ4n) is 3.18. The van der Waals surface area contributed by atoms with Gasteiger partial charge in [-0.15, -0.1) is 0 Å². The molecule has 106 valence electrons. The minimum atomic E-state index is -0.416. The van der Waals surface area contributed by atoms with Crippen molar-refractivity contribution in [2.24, 2.45) is 5.92 Å². The Balaban J connectivity index is 1.79. The largest absolute Gasteiger partial charge is 0.340 e. The average molecular weight is 263 g/mol. The number of hydrogen-bond donors (Lipinski definition) is 0. The number of piperazine rings is 1. The molecule has 1 saturated carbocycles. The number of nitriles is 1. The minimum Gasteiger partial charge on any atom is -0.340 e. The number of carbonyl (C=O) groups is 1. The second-order valence-electron chi connectivity index (χ2n) is 6.39. The maximum atomic E-state index is 12.2. The standard InChI is InChI=1S/C15H25N3O/c1-15(2,12-16)18-9-7-17(8-10-18)14(19)11-13-5-3-4-6-13/h13H,3-11H2,1-2H3. The third kappa shape index (κ3) is 3.48. The van der Waals surface area contributed by atoms with Crippen LogP contribution in [0.5, 0.6) is 0 Å². The number of hydrogen-bond acceptors (Lipinski definition) is 3. The highest BCUT2D eigenvalue weighted by Crippen LogP contribution is 2.28. The fourth-order valence-corrected chi connectivity index (χ4v) is 3.18. The van der Waals surface area contributed by atoms with Gasteiger partial charge in [-0.1, -0.05) is 12.8 Å². The first-order chi connectivity index (χ1) is 9.03. The van der Waals surface area contributed by atoms with Crippen molar-refractivity contribution in [2.45, 2.75) is 51.5 Å². The molecule has 0 atom stereocenters. The molecule has 0 N–H and O–H groups in total. The van der Waals surface area contributed by atoms with Gasteiger partial charge in [0.05, 0.1) is 6.07 Å². The van der Waals surface area contributed by atoms with E-state index in [0.29, 0.717) is 11.8 Å². The predicted molar refractivity (Wildman–Crippen MR) is 74.4 cm³/mol. The van der Waals surface area contributed by atoms with Crippen molar-refractivity contribution in [3.05, 3.63) is 0 Å². The van der Waals surface area contributed by atoms with Crippen molar-refractivity contribution >= 4 is 5.91 Å². The van der Waals surface area contributed by atoms with Crippen molar-refractivity contribution in [3.8, 4) is 6.07 Å². The van der Waals surface area contributed by atoms with E-state index in [2.05, 4.69) is 11.0 Å². The number of amides is 1. The van der Waals surface area contributed by atoms with E-state index in [1.54, 1.807) is 0 Å². The maximum Gasteiger partial charge on any atom is 0.222 e. The van der Waals surface area contributed by atoms with Gasteiger partial charge in [-0.3, -0.25) is 9.69 Å². The van der Waals surface area contributed by atoms with Crippen LogP contribution in [0.25, 0.3) is 0 Å². The van der Waals surface area contributed by atoms with Crippen LogP contribution in [0, 0.1) is 17.2 Å². The van der Waals surface area contributed by atoms with E-state index >= 15 is 0 Å². The summed E-state index contributed by atoms with van der Waals surface area (Å²) in [5.74, 6) is 0.947. The summed E-state index contributed by atoms with van der Waals surface area (Å²) in [5, 5.41) is 9.14. The van der Waals surface area contributed by atoms with E-state index in [1.807, 2.05) is 18.7 Å². The van der Waals surface area contributed by atoms with Crippen molar-refractivity contribution < 1.29 is 4.79 Å². The summed E-state index contributed by atoms with van der Waals surface area (Å²) in [6, 6.07) is 2.34. The lowest BCUT2D eigenvalue weighted by atomic mass is 10.0. The molecule has 2 aliphatic rings. The Labute approximate surface area is 116 Å². The molecule has 4 heteroatoms. The molecule has 1 heterocycles. The molecule has 1 aliphatic heterocycles. The van der Waals surface area contributed by atoms with E-state index in [4.69, 9.17) is 5.26 Å². The first kappa shape index (κ1) is 14.3. The zero-order chi connectivity index (χ0) is 13.9. The van der Waals surface area contributed by atoms with Crippen LogP contribution in [-0.4, -0.2) is 47.4 Å². The van der Waals surface area contributed by atoms with Crippen LogP contribution in [-0.2, 0) is 4.79 Å². The summed E-state index contributed by atoms with van der Waals surface area (Å²) in [6.45, 7) is 7.08. The monoisotopic (exact) mass is 263 g/mol. The molecule has 0 bridgehead atoms. The second kappa shape index (κ2) is 5.92. The number of nitrogens with zero attached hydrogens (tertiary/aromatic N) is 3. The Morgan fingerprint density at radius 3 is 2.32 bits per heavy atom. The quantitative estimate of drug-likeness (QED) is 0.782. The molecule has 19 heavy (non-hydrogen) atoms. The zero-order valence-corrected chi connectivity index (χ0v) is 12.2. The van der Waals surface area contributed by atoms with E-state index in [-0.39, 0.29) is 0 Å². The van der Waals surface area contributed by atoms with Crippen LogP contribution in [0.2, 0.25) is 0 Å². The molecule has 0 aromatic heterocycles. The molecular formula is C15H25N3O. The van der Waals surface area contributed by atoms with Gasteiger partial charge in [-0.25, -0.2) is 0 Å². The van der Waals surface area contributed by atoms with Crippen LogP contribution >= 0.6 is 0 Å². The predicted octanol–water partition coefficient (Wildman–Crippen LogP) is 2.01. The van der Waals surface area contributed by atoms with Gasteiger partial charge in [0.25, 0.3) is 0 Å². The molecule has 1 amide bonds. The van der Waals surface area contributed by atoms with Crippen molar-refractivity contribution in [1.82, 2.24) is 9.80 Å². The fraction of sp³-hybridized carbons (Fsp3) is 0.867. The second-order valence-corrected chi connectivity index (χ2v) is 6.39. The van der Waals surface area contributed by atoms with Crippen molar-refractivity contribution in [2.75, 3.05) is 26.2 Å². The topological polar surface area (TPSA) is 47.3 Å². The molecule has 2 fully saturated rings. The highest BCUT2D eigenvalue weighted by atomic mass is 16.2. The van der Waals surface area contributed by atoms with E-state index in [0.717, 1.165) is 32.6 Å². The minimum absolute atomic E-state index is 0.321. The Morgan fingerprint density at radius 2 is 1.79 bits per heavy atom. The van der Waals surface area contributed by atoms with Crippen LogP contribution < -0.4 is 0 Å². The highest BCUT2D eigenvalue weighted by molar-refractivity contribution is 5.76. The normalized spacial score (nSPS) is 22.5. The lowest BCUT2D eigenvalue weighted by molar-refractivity contribution is -0.134. The van der Waals surface area contributed by atoms with Gasteiger partial charge < -0.3 is 4.90 Å². The molecule has 1 saturated heterocycles. The van der Waals surface area contributed by atoms with Crippen LogP contribution in [0.3, 0.4) is 0 Å². The summed E-state index contributed by atoms with van der Waals surface area (Å²) < 4.78 is 0. The first-order valence-corrected chi connectivity index (χ1v) is 7.47. The van der Waals surface area contributed by atoms with Crippen LogP contribution in [0.15, 0.2) is 0 Å². The van der Waals surface area contributed by atoms with Crippen LogP contribution in [0.1, 0.15) is 46.0 Å². The third-order valence-electron chi connectivity index (χ3n) is 4.63. The summed E-state index contributed by atoms with van der Waals surface area (Å²) in [6.07, 6.45) is 5.78. The third-order valence-corrected chi connectivity index (χ3v) is 4.63. The van der Waals surface area contributed by atoms with Gasteiger partial charge in [0.2, 0.25) is 5.91 Å². The summed E-state index contributed by atoms with van der Waals surface area (Å²) >= 11 is 0. The highest BCUT2D eigenvalue weighted by Gasteiger charge is 2.31. The van der Waals surface area contributed by atoms with Gasteiger partial charge in [0.15, 0.2) is 0 Å². The van der Waals surface area contributed by atoms with Gasteiger partial charge >= 0.3 is 0 Å². The van der Waals surface area contributed by atoms with E-state index in [1.165, 1.54) is 25.7 Å². The average Bonchev–Trinajstić information content (AvgIpc) is 2.91. The van der Waals surface area contributed by atoms with Gasteiger partial charge in [0, 0.05) is 32.6 Å². The lowest BCUT2D eigenvalue weighted by Gasteiger charge is -2.40. The van der Waals surface area contributed by atoms with Crippen molar-refractivity contribution in [1.29, 1.82) is 5.26 Å². The SMILES string of the molecule is CC(C)(C#N)N1CCN(C(=O)CC2CCCC2)CC1. The molecule has 2 rings (SSSR count). The first-order valence-electron chi connectivity index (χ1n) is 7.47. The Kier molecular flexibility index (Phi) is 4.46. The smallest absolute Gasteiger partial charge is 0.222 e. The summed E-state index contributed by atoms with van der Waals surface area (Å²) in [4.78, 5) is 16.4. The molecule has 0 aromatic carbocycles. The molecule has 1 aliphatic carbocycles. The molecule has 0 unspecified atom stereocenters. The summed E-state index contributed by atoms with van der Waals surface area (Å²) in [5.41, 5.74) is -0.416. The number of carbonyl (C=O) groups excluding carboxylic acids is 1. The molecule has 0 radical (unpaired) electrons. The van der Waals surface area contributed by atoms with E-state index < -0.39 is 5.54 Å². The zero-order valence-electron chi connectivity index (χ0n) is 12.2. The Morgan fingerprint density at radius 1 is 1.21 bits per heavy atom. The van der Waals surface area contributed by atoms with Gasteiger partial charge in [0.1, 0.15) is 5.54 Å². The van der Waals surface area contributed by atoms with Crippen LogP contribution in [0.4, 0.5) is 0 Å². The molecular weight excluding hydrogens is 238 g/mol. The maximum absolute atomic E-state index is 12.2. The van der Waals surface area contributed by atoms with Gasteiger partial charge in [-0.05, 0) is 32.6 Å². The molecule has 0 spiro atoms. The Bertz CT molecular complexity index is 358. The van der Waals surface area contributed by atoms with Crippen molar-refractivity contribution in [3.63, 3.8) is 0 Å².